The molecule has 4 heteroatoms. The van der Waals surface area contributed by atoms with Crippen molar-refractivity contribution < 1.29 is 9.90 Å². The van der Waals surface area contributed by atoms with Crippen LogP contribution in [0.15, 0.2) is 28.7 Å². The number of hydrogen-bond donors (Lipinski definition) is 1. The lowest BCUT2D eigenvalue weighted by Gasteiger charge is -2.10. The van der Waals surface area contributed by atoms with Crippen molar-refractivity contribution in [3.63, 3.8) is 0 Å². The van der Waals surface area contributed by atoms with Gasteiger partial charge in [-0.05, 0) is 24.1 Å². The number of hydrogen-bond acceptors (Lipinski definition) is 1. The largest absolute Gasteiger partial charge is 0.481 e. The second kappa shape index (κ2) is 3.35. The summed E-state index contributed by atoms with van der Waals surface area (Å²) in [4.78, 5) is 11.2. The Labute approximate surface area is 98.6 Å². The Hall–Kier alpha value is -0.350. The lowest BCUT2D eigenvalue weighted by molar-refractivity contribution is -0.139. The molecule has 0 saturated heterocycles. The zero-order valence-electron chi connectivity index (χ0n) is 7.21. The van der Waals surface area contributed by atoms with Crippen LogP contribution in [0.2, 0.25) is 0 Å². The van der Waals surface area contributed by atoms with Crippen molar-refractivity contribution in [3.05, 3.63) is 34.3 Å². The first kappa shape index (κ1) is 10.2. The molecule has 1 aromatic rings. The summed E-state index contributed by atoms with van der Waals surface area (Å²) in [7, 11) is 0. The van der Waals surface area contributed by atoms with Crippen LogP contribution in [-0.2, 0) is 10.2 Å². The van der Waals surface area contributed by atoms with Gasteiger partial charge >= 0.3 is 5.97 Å². The number of halogens is 2. The van der Waals surface area contributed by atoms with Crippen LogP contribution >= 0.6 is 31.9 Å². The van der Waals surface area contributed by atoms with E-state index in [0.717, 1.165) is 10.0 Å². The topological polar surface area (TPSA) is 37.3 Å². The highest BCUT2D eigenvalue weighted by Crippen LogP contribution is 2.53. The Bertz CT molecular complexity index is 391. The molecule has 1 N–H and O–H groups in total. The van der Waals surface area contributed by atoms with Crippen LogP contribution in [0.25, 0.3) is 0 Å². The third-order valence-corrected chi connectivity index (χ3v) is 4.20. The maximum Gasteiger partial charge on any atom is 0.315 e. The molecule has 2 unspecified atom stereocenters. The Kier molecular flexibility index (Phi) is 2.43. The van der Waals surface area contributed by atoms with Crippen molar-refractivity contribution in [2.45, 2.75) is 16.7 Å². The molecule has 1 saturated carbocycles. The second-order valence-corrected chi connectivity index (χ2v) is 5.48. The fourth-order valence-corrected chi connectivity index (χ4v) is 3.00. The quantitative estimate of drug-likeness (QED) is 0.851. The van der Waals surface area contributed by atoms with Gasteiger partial charge in [0.25, 0.3) is 0 Å². The van der Waals surface area contributed by atoms with E-state index in [-0.39, 0.29) is 4.83 Å². The molecule has 0 amide bonds. The van der Waals surface area contributed by atoms with Crippen LogP contribution in [0.1, 0.15) is 12.0 Å². The summed E-state index contributed by atoms with van der Waals surface area (Å²) in [6.07, 6.45) is 0.665. The van der Waals surface area contributed by atoms with Gasteiger partial charge in [-0.2, -0.15) is 0 Å². The smallest absolute Gasteiger partial charge is 0.315 e. The number of carbonyl (C=O) groups is 1. The molecule has 0 bridgehead atoms. The van der Waals surface area contributed by atoms with Crippen molar-refractivity contribution in [2.75, 3.05) is 0 Å². The predicted octanol–water partition coefficient (Wildman–Crippen LogP) is 2.94. The molecular weight excluding hydrogens is 312 g/mol. The molecule has 2 atom stereocenters. The normalized spacial score (nSPS) is 30.0. The molecule has 14 heavy (non-hydrogen) atoms. The van der Waals surface area contributed by atoms with E-state index in [9.17, 15) is 9.90 Å². The van der Waals surface area contributed by atoms with Gasteiger partial charge in [0.15, 0.2) is 0 Å². The van der Waals surface area contributed by atoms with E-state index in [1.807, 2.05) is 24.3 Å². The van der Waals surface area contributed by atoms with Crippen LogP contribution in [0.4, 0.5) is 0 Å². The highest BCUT2D eigenvalue weighted by atomic mass is 79.9. The number of carboxylic acid groups (broad SMARTS) is 1. The Morgan fingerprint density at radius 2 is 2.21 bits per heavy atom. The van der Waals surface area contributed by atoms with Crippen LogP contribution < -0.4 is 0 Å². The van der Waals surface area contributed by atoms with Gasteiger partial charge in [-0.15, -0.1) is 0 Å². The van der Waals surface area contributed by atoms with Crippen molar-refractivity contribution in [3.8, 4) is 0 Å². The number of alkyl halides is 1. The zero-order chi connectivity index (χ0) is 10.3. The molecular formula is C10H8Br2O2. The van der Waals surface area contributed by atoms with Crippen LogP contribution in [0, 0.1) is 0 Å². The fraction of sp³-hybridized carbons (Fsp3) is 0.300. The summed E-state index contributed by atoms with van der Waals surface area (Å²) in [6.45, 7) is 0. The lowest BCUT2D eigenvalue weighted by Crippen LogP contribution is -2.22. The maximum atomic E-state index is 11.2. The maximum absolute atomic E-state index is 11.2. The molecule has 0 radical (unpaired) electrons. The average molecular weight is 320 g/mol. The van der Waals surface area contributed by atoms with Crippen LogP contribution in [-0.4, -0.2) is 15.9 Å². The third kappa shape index (κ3) is 1.41. The van der Waals surface area contributed by atoms with Crippen molar-refractivity contribution in [1.29, 1.82) is 0 Å². The highest BCUT2D eigenvalue weighted by Gasteiger charge is 2.60. The minimum Gasteiger partial charge on any atom is -0.481 e. The molecule has 0 heterocycles. The van der Waals surface area contributed by atoms with E-state index >= 15 is 0 Å². The summed E-state index contributed by atoms with van der Waals surface area (Å²) < 4.78 is 0.919. The molecule has 1 aliphatic carbocycles. The number of aliphatic carboxylic acids is 1. The molecule has 2 rings (SSSR count). The van der Waals surface area contributed by atoms with Gasteiger partial charge in [0.05, 0.1) is 0 Å². The first-order valence-corrected chi connectivity index (χ1v) is 5.92. The van der Waals surface area contributed by atoms with Gasteiger partial charge in [-0.1, -0.05) is 44.0 Å². The Morgan fingerprint density at radius 3 is 2.64 bits per heavy atom. The highest BCUT2D eigenvalue weighted by molar-refractivity contribution is 9.10. The molecule has 1 aromatic carbocycles. The van der Waals surface area contributed by atoms with E-state index in [4.69, 9.17) is 0 Å². The first-order valence-electron chi connectivity index (χ1n) is 4.21. The van der Waals surface area contributed by atoms with E-state index < -0.39 is 11.4 Å². The van der Waals surface area contributed by atoms with Gasteiger partial charge in [0.2, 0.25) is 0 Å². The van der Waals surface area contributed by atoms with E-state index in [1.165, 1.54) is 0 Å². The van der Waals surface area contributed by atoms with E-state index in [2.05, 4.69) is 31.9 Å². The summed E-state index contributed by atoms with van der Waals surface area (Å²) in [5.41, 5.74) is 0.158. The van der Waals surface area contributed by atoms with Crippen LogP contribution in [0.5, 0.6) is 0 Å². The standard InChI is InChI=1S/C10H8Br2O2/c11-7-3-1-2-6(4-7)10(9(13)14)5-8(10)12/h1-4,8H,5H2,(H,13,14). The summed E-state index contributed by atoms with van der Waals surface area (Å²) in [5, 5.41) is 9.17. The van der Waals surface area contributed by atoms with Crippen molar-refractivity contribution in [1.82, 2.24) is 0 Å². The van der Waals surface area contributed by atoms with Gasteiger partial charge in [-0.25, -0.2) is 0 Å². The monoisotopic (exact) mass is 318 g/mol. The van der Waals surface area contributed by atoms with Gasteiger partial charge in [-0.3, -0.25) is 4.79 Å². The van der Waals surface area contributed by atoms with E-state index in [1.54, 1.807) is 0 Å². The third-order valence-electron chi connectivity index (χ3n) is 2.60. The summed E-state index contributed by atoms with van der Waals surface area (Å²) in [6, 6.07) is 7.49. The van der Waals surface area contributed by atoms with Crippen LogP contribution in [0.3, 0.4) is 0 Å². The molecule has 0 aromatic heterocycles. The second-order valence-electron chi connectivity index (χ2n) is 3.46. The molecule has 0 aliphatic heterocycles. The van der Waals surface area contributed by atoms with Gasteiger partial charge in [0.1, 0.15) is 5.41 Å². The van der Waals surface area contributed by atoms with Crippen molar-refractivity contribution >= 4 is 37.8 Å². The average Bonchev–Trinajstić information content (AvgIpc) is 2.79. The van der Waals surface area contributed by atoms with Crippen molar-refractivity contribution in [2.24, 2.45) is 0 Å². The van der Waals surface area contributed by atoms with Gasteiger partial charge in [0, 0.05) is 9.30 Å². The minimum atomic E-state index is -0.752. The number of carboxylic acids is 1. The Morgan fingerprint density at radius 1 is 1.57 bits per heavy atom. The minimum absolute atomic E-state index is 0.0572. The fourth-order valence-electron chi connectivity index (χ4n) is 1.63. The first-order chi connectivity index (χ1) is 6.57. The van der Waals surface area contributed by atoms with E-state index in [0.29, 0.717) is 6.42 Å². The Balaban J connectivity index is 2.44. The summed E-state index contributed by atoms with van der Waals surface area (Å²) >= 11 is 6.71. The molecule has 1 aliphatic rings. The molecule has 0 spiro atoms. The SMILES string of the molecule is O=C(O)C1(c2cccc(Br)c2)CC1Br. The molecule has 74 valence electrons. The summed E-state index contributed by atoms with van der Waals surface area (Å²) in [5.74, 6) is -0.752. The number of benzene rings is 1. The lowest BCUT2D eigenvalue weighted by atomic mass is 9.96. The molecule has 1 fully saturated rings. The predicted molar refractivity (Wildman–Crippen MR) is 60.8 cm³/mol. The molecule has 2 nitrogen and oxygen atoms in total. The number of rotatable bonds is 2. The van der Waals surface area contributed by atoms with Gasteiger partial charge < -0.3 is 5.11 Å². The zero-order valence-corrected chi connectivity index (χ0v) is 10.4.